The first-order chi connectivity index (χ1) is 18.0. The van der Waals surface area contributed by atoms with Gasteiger partial charge in [0, 0.05) is 43.3 Å². The minimum atomic E-state index is -0.485. The molecule has 0 bridgehead atoms. The number of aromatic amines is 1. The van der Waals surface area contributed by atoms with Gasteiger partial charge in [-0.1, -0.05) is 13.3 Å². The van der Waals surface area contributed by atoms with Crippen molar-refractivity contribution in [1.29, 1.82) is 0 Å². The normalized spacial score (nSPS) is 26.4. The Morgan fingerprint density at radius 1 is 1.03 bits per heavy atom. The van der Waals surface area contributed by atoms with Gasteiger partial charge in [0.15, 0.2) is 11.6 Å². The lowest BCUT2D eigenvalue weighted by atomic mass is 9.52. The fraction of sp³-hybridized carbons (Fsp3) is 0.393. The zero-order valence-electron chi connectivity index (χ0n) is 20.7. The van der Waals surface area contributed by atoms with Gasteiger partial charge < -0.3 is 25.7 Å². The van der Waals surface area contributed by atoms with Gasteiger partial charge in [-0.05, 0) is 66.7 Å². The van der Waals surface area contributed by atoms with Gasteiger partial charge >= 0.3 is 0 Å². The van der Waals surface area contributed by atoms with Crippen molar-refractivity contribution in [2.45, 2.75) is 26.2 Å². The number of pyridine rings is 1. The second-order valence-corrected chi connectivity index (χ2v) is 10.9. The van der Waals surface area contributed by atoms with Crippen molar-refractivity contribution in [1.82, 2.24) is 19.9 Å². The first kappa shape index (κ1) is 22.3. The van der Waals surface area contributed by atoms with Crippen LogP contribution in [0.2, 0.25) is 0 Å². The lowest BCUT2D eigenvalue weighted by Gasteiger charge is -2.52. The maximum absolute atomic E-state index is 15.0. The summed E-state index contributed by atoms with van der Waals surface area (Å²) in [6.07, 6.45) is 7.48. The van der Waals surface area contributed by atoms with E-state index in [-0.39, 0.29) is 11.7 Å². The van der Waals surface area contributed by atoms with Crippen LogP contribution in [-0.2, 0) is 0 Å². The molecule has 5 atom stereocenters. The predicted octanol–water partition coefficient (Wildman–Crippen LogP) is 5.73. The van der Waals surface area contributed by atoms with E-state index in [1.165, 1.54) is 25.3 Å². The van der Waals surface area contributed by atoms with Gasteiger partial charge in [0.2, 0.25) is 5.95 Å². The number of hydrogen-bond acceptors (Lipinski definition) is 7. The fourth-order valence-electron chi connectivity index (χ4n) is 6.90. The summed E-state index contributed by atoms with van der Waals surface area (Å²) in [5.74, 6) is 5.87. The molecule has 2 aliphatic carbocycles. The highest BCUT2D eigenvalue weighted by atomic mass is 19.1. The molecule has 9 heteroatoms. The summed E-state index contributed by atoms with van der Waals surface area (Å²) in [6, 6.07) is 10.2. The molecule has 37 heavy (non-hydrogen) atoms. The summed E-state index contributed by atoms with van der Waals surface area (Å²) in [7, 11) is 0. The summed E-state index contributed by atoms with van der Waals surface area (Å²) in [5, 5.41) is 3.98. The summed E-state index contributed by atoms with van der Waals surface area (Å²) in [4.78, 5) is 18.5. The van der Waals surface area contributed by atoms with Gasteiger partial charge in [-0.15, -0.1) is 0 Å². The zero-order chi connectivity index (χ0) is 25.1. The van der Waals surface area contributed by atoms with E-state index in [2.05, 4.69) is 37.1 Å². The Morgan fingerprint density at radius 2 is 1.89 bits per heavy atom. The number of nitrogens with two attached hydrogens (primary N) is 1. The number of hydrogen-bond donors (Lipinski definition) is 3. The number of nitrogen functional groups attached to an aromatic ring is 1. The van der Waals surface area contributed by atoms with Gasteiger partial charge in [0.1, 0.15) is 23.0 Å². The molecule has 3 aromatic heterocycles. The molecular formula is C28H30FN7O. The van der Waals surface area contributed by atoms with Crippen LogP contribution in [0.4, 0.5) is 27.7 Å². The smallest absolute Gasteiger partial charge is 0.223 e. The topological polar surface area (TPSA) is 105 Å². The monoisotopic (exact) mass is 499 g/mol. The highest BCUT2D eigenvalue weighted by Crippen LogP contribution is 2.58. The van der Waals surface area contributed by atoms with E-state index < -0.39 is 5.82 Å². The number of nitrogens with one attached hydrogen (secondary N) is 2. The third-order valence-corrected chi connectivity index (χ3v) is 8.63. The third-order valence-electron chi connectivity index (χ3n) is 8.63. The fourth-order valence-corrected chi connectivity index (χ4v) is 6.90. The quantitative estimate of drug-likeness (QED) is 0.322. The van der Waals surface area contributed by atoms with E-state index in [1.54, 1.807) is 30.6 Å². The Morgan fingerprint density at radius 3 is 2.76 bits per heavy atom. The lowest BCUT2D eigenvalue weighted by molar-refractivity contribution is -0.0340. The first-order valence-corrected chi connectivity index (χ1v) is 13.1. The number of H-pyrrole nitrogens is 1. The molecule has 190 valence electrons. The van der Waals surface area contributed by atoms with Crippen molar-refractivity contribution in [3.63, 3.8) is 0 Å². The van der Waals surface area contributed by atoms with Crippen LogP contribution in [0.5, 0.6) is 11.5 Å². The second-order valence-electron chi connectivity index (χ2n) is 10.9. The molecule has 0 amide bonds. The average Bonchev–Trinajstić information content (AvgIpc) is 3.50. The Balaban J connectivity index is 1.07. The molecule has 1 aliphatic heterocycles. The van der Waals surface area contributed by atoms with E-state index in [1.807, 2.05) is 12.1 Å². The third kappa shape index (κ3) is 3.93. The minimum Gasteiger partial charge on any atom is -0.453 e. The highest BCUT2D eigenvalue weighted by Gasteiger charge is 2.55. The number of anilines is 4. The van der Waals surface area contributed by atoms with Gasteiger partial charge in [0.25, 0.3) is 0 Å². The van der Waals surface area contributed by atoms with Gasteiger partial charge in [0.05, 0.1) is 5.39 Å². The minimum absolute atomic E-state index is 0.130. The second kappa shape index (κ2) is 8.61. The van der Waals surface area contributed by atoms with Crippen molar-refractivity contribution in [2.24, 2.45) is 29.6 Å². The first-order valence-electron chi connectivity index (χ1n) is 13.1. The number of halogens is 1. The highest BCUT2D eigenvalue weighted by molar-refractivity contribution is 5.82. The Hall–Kier alpha value is -3.88. The molecule has 3 fully saturated rings. The summed E-state index contributed by atoms with van der Waals surface area (Å²) < 4.78 is 20.8. The van der Waals surface area contributed by atoms with Crippen molar-refractivity contribution < 1.29 is 9.13 Å². The van der Waals surface area contributed by atoms with E-state index in [4.69, 9.17) is 10.5 Å². The lowest BCUT2D eigenvalue weighted by Crippen LogP contribution is -2.48. The van der Waals surface area contributed by atoms with Crippen LogP contribution < -0.4 is 20.7 Å². The van der Waals surface area contributed by atoms with Crippen LogP contribution in [0, 0.1) is 35.4 Å². The van der Waals surface area contributed by atoms with Crippen molar-refractivity contribution in [3.05, 3.63) is 54.6 Å². The molecule has 0 spiro atoms. The van der Waals surface area contributed by atoms with Gasteiger partial charge in [-0.3, -0.25) is 0 Å². The number of ether oxygens (including phenoxy) is 1. The van der Waals surface area contributed by atoms with Crippen LogP contribution in [0.1, 0.15) is 26.2 Å². The molecule has 8 nitrogen and oxygen atoms in total. The summed E-state index contributed by atoms with van der Waals surface area (Å²) in [6.45, 7) is 4.44. The maximum atomic E-state index is 15.0. The zero-order valence-corrected chi connectivity index (χ0v) is 20.7. The number of rotatable bonds is 5. The van der Waals surface area contributed by atoms with E-state index in [0.717, 1.165) is 53.9 Å². The molecule has 5 unspecified atom stereocenters. The molecule has 1 saturated heterocycles. The van der Waals surface area contributed by atoms with Crippen molar-refractivity contribution >= 4 is 34.3 Å². The number of fused-ring (bicyclic) bond motifs is 5. The van der Waals surface area contributed by atoms with Crippen LogP contribution in [0.3, 0.4) is 0 Å². The summed E-state index contributed by atoms with van der Waals surface area (Å²) in [5.41, 5.74) is 7.33. The Kier molecular flexibility index (Phi) is 5.19. The average molecular weight is 500 g/mol. The number of aromatic nitrogens is 4. The molecule has 0 radical (unpaired) electrons. The Labute approximate surface area is 214 Å². The predicted molar refractivity (Wildman–Crippen MR) is 141 cm³/mol. The summed E-state index contributed by atoms with van der Waals surface area (Å²) >= 11 is 0. The van der Waals surface area contributed by atoms with Crippen LogP contribution in [-0.4, -0.2) is 33.0 Å². The Bertz CT molecular complexity index is 1470. The number of nitrogens with zero attached hydrogens (tertiary/aromatic N) is 4. The van der Waals surface area contributed by atoms with Gasteiger partial charge in [-0.2, -0.15) is 9.97 Å². The van der Waals surface area contributed by atoms with E-state index in [0.29, 0.717) is 22.9 Å². The molecule has 1 aromatic carbocycles. The van der Waals surface area contributed by atoms with Crippen LogP contribution >= 0.6 is 0 Å². The molecule has 4 N–H and O–H groups in total. The van der Waals surface area contributed by atoms with Crippen LogP contribution in [0.15, 0.2) is 48.8 Å². The largest absolute Gasteiger partial charge is 0.453 e. The maximum Gasteiger partial charge on any atom is 0.223 e. The van der Waals surface area contributed by atoms with E-state index in [9.17, 15) is 4.39 Å². The SMILES string of the molecule is CC1CCC2C(C1)C1CN(c3cc(Nc4ccc(Oc5ccnc6[nH]ccc56)c(F)c4)nc(N)n3)CC21. The molecule has 3 aliphatic rings. The van der Waals surface area contributed by atoms with E-state index >= 15 is 0 Å². The van der Waals surface area contributed by atoms with Crippen molar-refractivity contribution in [3.8, 4) is 11.5 Å². The molecule has 4 aromatic rings. The molecule has 4 heterocycles. The van der Waals surface area contributed by atoms with Gasteiger partial charge in [-0.25, -0.2) is 9.37 Å². The standard InChI is InChI=1S/C28H30FN7O/c1-15-2-4-17-19(10-15)21-14-36(13-20(17)21)26-12-25(34-28(30)35-26)33-16-3-5-24(22(29)11-16)37-23-7-9-32-27-18(23)6-8-31-27/h3,5-9,11-12,15,17,19-21H,2,4,10,13-14H2,1H3,(H,31,32)(H3,30,33,34,35). The van der Waals surface area contributed by atoms with Crippen molar-refractivity contribution in [2.75, 3.05) is 29.0 Å². The molecule has 2 saturated carbocycles. The van der Waals surface area contributed by atoms with Crippen LogP contribution in [0.25, 0.3) is 11.0 Å². The molecule has 7 rings (SSSR count). The molecular weight excluding hydrogens is 469 g/mol. The number of benzene rings is 1.